The third-order valence-electron chi connectivity index (χ3n) is 2.71. The van der Waals surface area contributed by atoms with E-state index in [9.17, 15) is 4.79 Å². The molecule has 0 aromatic carbocycles. The van der Waals surface area contributed by atoms with Crippen molar-refractivity contribution in [1.82, 2.24) is 10.3 Å². The van der Waals surface area contributed by atoms with E-state index in [-0.39, 0.29) is 11.9 Å². The molecule has 18 heavy (non-hydrogen) atoms. The van der Waals surface area contributed by atoms with Crippen LogP contribution in [0.25, 0.3) is 0 Å². The van der Waals surface area contributed by atoms with Crippen LogP contribution in [0.5, 0.6) is 0 Å². The summed E-state index contributed by atoms with van der Waals surface area (Å²) in [5.74, 6) is 0.331. The summed E-state index contributed by atoms with van der Waals surface area (Å²) in [4.78, 5) is 17.4. The molecule has 1 heterocycles. The van der Waals surface area contributed by atoms with E-state index >= 15 is 0 Å². The Kier molecular flexibility index (Phi) is 5.75. The summed E-state index contributed by atoms with van der Waals surface area (Å²) in [6.45, 7) is 8.16. The smallest absolute Gasteiger partial charge is 0.237 e. The first-order valence-electron chi connectivity index (χ1n) is 6.44. The zero-order valence-corrected chi connectivity index (χ0v) is 12.4. The fourth-order valence-electron chi connectivity index (χ4n) is 1.68. The molecule has 3 N–H and O–H groups in total. The van der Waals surface area contributed by atoms with Crippen LogP contribution >= 0.6 is 11.3 Å². The van der Waals surface area contributed by atoms with Crippen LogP contribution in [0.1, 0.15) is 50.0 Å². The topological polar surface area (TPSA) is 68.0 Å². The Balaban J connectivity index is 2.53. The van der Waals surface area contributed by atoms with Crippen LogP contribution in [0.2, 0.25) is 0 Å². The minimum atomic E-state index is -0.432. The second kappa shape index (κ2) is 6.85. The van der Waals surface area contributed by atoms with Crippen molar-refractivity contribution in [3.05, 3.63) is 16.1 Å². The monoisotopic (exact) mass is 269 g/mol. The Morgan fingerprint density at radius 1 is 1.50 bits per heavy atom. The summed E-state index contributed by atoms with van der Waals surface area (Å²) in [6, 6.07) is -0.501. The lowest BCUT2D eigenvalue weighted by Gasteiger charge is -2.17. The number of aromatic nitrogens is 1. The summed E-state index contributed by atoms with van der Waals surface area (Å²) in [7, 11) is 0. The van der Waals surface area contributed by atoms with Gasteiger partial charge in [-0.1, -0.05) is 20.8 Å². The molecule has 1 rings (SSSR count). The molecule has 0 saturated carbocycles. The average Bonchev–Trinajstić information content (AvgIpc) is 2.76. The molecule has 0 aliphatic carbocycles. The number of nitrogens with zero attached hydrogens (tertiary/aromatic N) is 1. The maximum absolute atomic E-state index is 11.9. The van der Waals surface area contributed by atoms with Crippen LogP contribution in [-0.2, 0) is 11.2 Å². The standard InChI is InChI=1S/C13H23N3OS/c1-5-10-7-15-13(18-10)9(4)16-12(17)11(14)6-8(2)3/h7-9,11H,5-6,14H2,1-4H3,(H,16,17)/t9?,11-/m0/s1. The third-order valence-corrected chi connectivity index (χ3v) is 4.04. The summed E-state index contributed by atoms with van der Waals surface area (Å²) >= 11 is 1.64. The fourth-order valence-corrected chi connectivity index (χ4v) is 2.54. The molecule has 0 aliphatic rings. The van der Waals surface area contributed by atoms with Gasteiger partial charge < -0.3 is 11.1 Å². The summed E-state index contributed by atoms with van der Waals surface area (Å²) in [6.07, 6.45) is 3.55. The van der Waals surface area contributed by atoms with Gasteiger partial charge >= 0.3 is 0 Å². The second-order valence-corrected chi connectivity index (χ2v) is 6.13. The Morgan fingerprint density at radius 3 is 2.67 bits per heavy atom. The van der Waals surface area contributed by atoms with Crippen molar-refractivity contribution < 1.29 is 4.79 Å². The number of aryl methyl sites for hydroxylation is 1. The number of carbonyl (C=O) groups is 1. The summed E-state index contributed by atoms with van der Waals surface area (Å²) in [5, 5.41) is 3.86. The number of amides is 1. The lowest BCUT2D eigenvalue weighted by molar-refractivity contribution is -0.123. The minimum Gasteiger partial charge on any atom is -0.346 e. The molecule has 1 aromatic rings. The molecule has 102 valence electrons. The molecule has 5 heteroatoms. The first kappa shape index (κ1) is 15.1. The average molecular weight is 269 g/mol. The van der Waals surface area contributed by atoms with E-state index in [2.05, 4.69) is 31.1 Å². The molecule has 2 atom stereocenters. The molecule has 0 fully saturated rings. The van der Waals surface area contributed by atoms with Gasteiger partial charge in [-0.05, 0) is 25.7 Å². The van der Waals surface area contributed by atoms with E-state index in [1.807, 2.05) is 13.1 Å². The molecule has 0 spiro atoms. The molecular formula is C13H23N3OS. The van der Waals surface area contributed by atoms with Crippen molar-refractivity contribution in [1.29, 1.82) is 0 Å². The van der Waals surface area contributed by atoms with Crippen molar-refractivity contribution in [3.8, 4) is 0 Å². The number of hydrogen-bond donors (Lipinski definition) is 2. The predicted octanol–water partition coefficient (Wildman–Crippen LogP) is 2.26. The van der Waals surface area contributed by atoms with E-state index in [1.165, 1.54) is 4.88 Å². The van der Waals surface area contributed by atoms with Crippen LogP contribution < -0.4 is 11.1 Å². The zero-order chi connectivity index (χ0) is 13.7. The van der Waals surface area contributed by atoms with E-state index < -0.39 is 6.04 Å². The van der Waals surface area contributed by atoms with Crippen molar-refractivity contribution in [2.24, 2.45) is 11.7 Å². The van der Waals surface area contributed by atoms with Gasteiger partial charge in [0.1, 0.15) is 5.01 Å². The highest BCUT2D eigenvalue weighted by atomic mass is 32.1. The van der Waals surface area contributed by atoms with Crippen molar-refractivity contribution in [2.45, 2.75) is 52.6 Å². The lowest BCUT2D eigenvalue weighted by Crippen LogP contribution is -2.42. The van der Waals surface area contributed by atoms with Crippen molar-refractivity contribution >= 4 is 17.2 Å². The molecule has 0 radical (unpaired) electrons. The van der Waals surface area contributed by atoms with Crippen LogP contribution in [0, 0.1) is 5.92 Å². The van der Waals surface area contributed by atoms with Gasteiger partial charge in [0.15, 0.2) is 0 Å². The Hall–Kier alpha value is -0.940. The molecule has 1 aromatic heterocycles. The van der Waals surface area contributed by atoms with E-state index in [0.29, 0.717) is 12.3 Å². The SMILES string of the molecule is CCc1cnc(C(C)NC(=O)[C@@H](N)CC(C)C)s1. The van der Waals surface area contributed by atoms with Gasteiger partial charge in [-0.2, -0.15) is 0 Å². The van der Waals surface area contributed by atoms with Crippen LogP contribution in [0.4, 0.5) is 0 Å². The van der Waals surface area contributed by atoms with E-state index in [4.69, 9.17) is 5.73 Å². The number of rotatable bonds is 6. The van der Waals surface area contributed by atoms with Crippen LogP contribution in [0.15, 0.2) is 6.20 Å². The first-order valence-corrected chi connectivity index (χ1v) is 7.26. The summed E-state index contributed by atoms with van der Waals surface area (Å²) in [5.41, 5.74) is 5.85. The number of hydrogen-bond acceptors (Lipinski definition) is 4. The molecule has 4 nitrogen and oxygen atoms in total. The van der Waals surface area contributed by atoms with Gasteiger partial charge in [-0.15, -0.1) is 11.3 Å². The molecular weight excluding hydrogens is 246 g/mol. The quantitative estimate of drug-likeness (QED) is 0.832. The first-order chi connectivity index (χ1) is 8.43. The fraction of sp³-hybridized carbons (Fsp3) is 0.692. The Morgan fingerprint density at radius 2 is 2.17 bits per heavy atom. The second-order valence-electron chi connectivity index (χ2n) is 4.98. The van der Waals surface area contributed by atoms with Crippen molar-refractivity contribution in [3.63, 3.8) is 0 Å². The Labute approximate surface area is 113 Å². The van der Waals surface area contributed by atoms with Gasteiger partial charge in [-0.3, -0.25) is 4.79 Å². The van der Waals surface area contributed by atoms with E-state index in [1.54, 1.807) is 11.3 Å². The molecule has 0 aliphatic heterocycles. The van der Waals surface area contributed by atoms with Gasteiger partial charge in [-0.25, -0.2) is 4.98 Å². The van der Waals surface area contributed by atoms with Crippen LogP contribution in [0.3, 0.4) is 0 Å². The maximum Gasteiger partial charge on any atom is 0.237 e. The largest absolute Gasteiger partial charge is 0.346 e. The highest BCUT2D eigenvalue weighted by Gasteiger charge is 2.19. The van der Waals surface area contributed by atoms with Gasteiger partial charge in [0, 0.05) is 11.1 Å². The highest BCUT2D eigenvalue weighted by molar-refractivity contribution is 7.11. The third kappa shape index (κ3) is 4.38. The van der Waals surface area contributed by atoms with Gasteiger partial charge in [0.2, 0.25) is 5.91 Å². The molecule has 1 amide bonds. The lowest BCUT2D eigenvalue weighted by atomic mass is 10.0. The summed E-state index contributed by atoms with van der Waals surface area (Å²) < 4.78 is 0. The predicted molar refractivity (Wildman–Crippen MR) is 75.5 cm³/mol. The minimum absolute atomic E-state index is 0.0685. The molecule has 0 saturated heterocycles. The Bertz CT molecular complexity index is 389. The highest BCUT2D eigenvalue weighted by Crippen LogP contribution is 2.20. The molecule has 0 bridgehead atoms. The number of thiazole rings is 1. The number of nitrogens with one attached hydrogen (secondary N) is 1. The number of nitrogens with two attached hydrogens (primary N) is 1. The molecule has 1 unspecified atom stereocenters. The van der Waals surface area contributed by atoms with Gasteiger partial charge in [0.25, 0.3) is 0 Å². The van der Waals surface area contributed by atoms with Crippen LogP contribution in [-0.4, -0.2) is 16.9 Å². The number of carbonyl (C=O) groups excluding carboxylic acids is 1. The normalized spacial score (nSPS) is 14.6. The van der Waals surface area contributed by atoms with E-state index in [0.717, 1.165) is 11.4 Å². The maximum atomic E-state index is 11.9. The zero-order valence-electron chi connectivity index (χ0n) is 11.6. The van der Waals surface area contributed by atoms with Crippen molar-refractivity contribution in [2.75, 3.05) is 0 Å². The van der Waals surface area contributed by atoms with Gasteiger partial charge in [0.05, 0.1) is 12.1 Å².